The lowest BCUT2D eigenvalue weighted by Crippen LogP contribution is -2.27. The first-order valence-electron chi connectivity index (χ1n) is 7.53. The van der Waals surface area contributed by atoms with Gasteiger partial charge < -0.3 is 5.73 Å². The van der Waals surface area contributed by atoms with Crippen LogP contribution < -0.4 is 16.5 Å². The zero-order valence-corrected chi connectivity index (χ0v) is 13.4. The summed E-state index contributed by atoms with van der Waals surface area (Å²) in [5, 5.41) is 19.4. The number of nitro benzene ring substituents is 1. The Balaban J connectivity index is 2.10. The maximum Gasteiger partial charge on any atom is 0.332 e. The molecule has 130 valence electrons. The van der Waals surface area contributed by atoms with E-state index in [9.17, 15) is 14.9 Å². The van der Waals surface area contributed by atoms with Gasteiger partial charge in [0.05, 0.1) is 16.8 Å². The van der Waals surface area contributed by atoms with Crippen molar-refractivity contribution in [3.05, 3.63) is 82.5 Å². The van der Waals surface area contributed by atoms with Gasteiger partial charge in [0, 0.05) is 23.9 Å². The molecule has 2 aromatic carbocycles. The number of nitro groups is 1. The Morgan fingerprint density at radius 3 is 2.46 bits per heavy atom. The average molecular weight is 350 g/mol. The summed E-state index contributed by atoms with van der Waals surface area (Å²) in [6, 6.07) is 14.6. The summed E-state index contributed by atoms with van der Waals surface area (Å²) >= 11 is 0. The average Bonchev–Trinajstić information content (AvgIpc) is 2.67. The highest BCUT2D eigenvalue weighted by molar-refractivity contribution is 5.71. The first kappa shape index (κ1) is 16.8. The largest absolute Gasteiger partial charge is 0.350 e. The van der Waals surface area contributed by atoms with Crippen LogP contribution in [0.1, 0.15) is 0 Å². The maximum absolute atomic E-state index is 10.9. The minimum absolute atomic E-state index is 0.00471. The molecular weight excluding hydrogens is 336 g/mol. The van der Waals surface area contributed by atoms with E-state index in [1.807, 2.05) is 30.3 Å². The molecule has 0 saturated heterocycles. The smallest absolute Gasteiger partial charge is 0.332 e. The van der Waals surface area contributed by atoms with Crippen molar-refractivity contribution in [3.8, 4) is 16.8 Å². The molecule has 9 nitrogen and oxygen atoms in total. The van der Waals surface area contributed by atoms with E-state index in [-0.39, 0.29) is 5.69 Å². The molecule has 1 aromatic heterocycles. The van der Waals surface area contributed by atoms with Gasteiger partial charge in [0.2, 0.25) is 0 Å². The van der Waals surface area contributed by atoms with E-state index in [2.05, 4.69) is 15.6 Å². The molecule has 0 aliphatic carbocycles. The summed E-state index contributed by atoms with van der Waals surface area (Å²) in [6.07, 6.45) is 3.19. The van der Waals surface area contributed by atoms with E-state index in [1.54, 1.807) is 23.0 Å². The number of rotatable bonds is 4. The number of non-ortho nitro benzene ring substituents is 1. The number of hydrogen-bond acceptors (Lipinski definition) is 5. The van der Waals surface area contributed by atoms with Crippen molar-refractivity contribution in [1.29, 1.82) is 0 Å². The number of aromatic nitrogens is 2. The van der Waals surface area contributed by atoms with Crippen molar-refractivity contribution in [2.24, 2.45) is 10.8 Å². The van der Waals surface area contributed by atoms with Crippen molar-refractivity contribution < 1.29 is 9.72 Å². The number of hydrogen-bond donors (Lipinski definition) is 2. The molecule has 9 heteroatoms. The van der Waals surface area contributed by atoms with Crippen LogP contribution in [-0.4, -0.2) is 20.7 Å². The minimum Gasteiger partial charge on any atom is -0.350 e. The lowest BCUT2D eigenvalue weighted by molar-refractivity contribution is -0.384. The highest BCUT2D eigenvalue weighted by Gasteiger charge is 2.08. The van der Waals surface area contributed by atoms with E-state index in [4.69, 9.17) is 5.73 Å². The van der Waals surface area contributed by atoms with Crippen molar-refractivity contribution in [2.75, 3.05) is 0 Å². The molecule has 0 bridgehead atoms. The van der Waals surface area contributed by atoms with Crippen LogP contribution in [0.5, 0.6) is 0 Å². The van der Waals surface area contributed by atoms with E-state index in [0.717, 1.165) is 5.56 Å². The van der Waals surface area contributed by atoms with E-state index in [1.165, 1.54) is 18.3 Å². The molecule has 0 radical (unpaired) electrons. The Kier molecular flexibility index (Phi) is 4.70. The molecule has 0 spiro atoms. The normalized spacial score (nSPS) is 11.2. The standard InChI is InChI=1S/C17H14N6O3/c18-17(24)21-20-16-10-19-22(11-15(16)12-4-2-1-3-5-12)13-6-8-14(9-7-13)23(25)26/h1-11H,(H3,18,21,24)/b20-16+. The molecule has 2 amide bonds. The first-order chi connectivity index (χ1) is 12.5. The maximum atomic E-state index is 10.9. The fraction of sp³-hybridized carbons (Fsp3) is 0. The second-order valence-electron chi connectivity index (χ2n) is 5.24. The number of benzene rings is 2. The molecule has 0 fully saturated rings. The summed E-state index contributed by atoms with van der Waals surface area (Å²) < 4.78 is 1.56. The Hall–Kier alpha value is -4.01. The van der Waals surface area contributed by atoms with Crippen LogP contribution in [0.3, 0.4) is 0 Å². The highest BCUT2D eigenvalue weighted by Crippen LogP contribution is 2.17. The number of nitrogens with two attached hydrogens (primary N) is 1. The van der Waals surface area contributed by atoms with Gasteiger partial charge in [-0.3, -0.25) is 10.1 Å². The molecule has 0 unspecified atom stereocenters. The van der Waals surface area contributed by atoms with Crippen molar-refractivity contribution in [2.45, 2.75) is 0 Å². The zero-order chi connectivity index (χ0) is 18.5. The molecule has 3 N–H and O–H groups in total. The predicted octanol–water partition coefficient (Wildman–Crippen LogP) is 1.93. The number of carbonyl (C=O) groups excluding carboxylic acids is 1. The van der Waals surface area contributed by atoms with Crippen molar-refractivity contribution >= 4 is 11.7 Å². The predicted molar refractivity (Wildman–Crippen MR) is 93.9 cm³/mol. The molecule has 0 aliphatic heterocycles. The Bertz CT molecular complexity index is 1010. The van der Waals surface area contributed by atoms with Crippen molar-refractivity contribution in [3.63, 3.8) is 0 Å². The number of nitrogens with zero attached hydrogens (tertiary/aromatic N) is 4. The van der Waals surface area contributed by atoms with Crippen LogP contribution in [0, 0.1) is 10.1 Å². The van der Waals surface area contributed by atoms with Crippen LogP contribution in [0.4, 0.5) is 10.5 Å². The quantitative estimate of drug-likeness (QED) is 0.550. The van der Waals surface area contributed by atoms with E-state index in [0.29, 0.717) is 16.6 Å². The molecule has 0 saturated carbocycles. The Morgan fingerprint density at radius 1 is 1.15 bits per heavy atom. The molecule has 3 rings (SSSR count). The molecular formula is C17H14N6O3. The fourth-order valence-corrected chi connectivity index (χ4v) is 2.32. The Labute approximate surface area is 147 Å². The molecule has 1 heterocycles. The molecule has 0 atom stereocenters. The van der Waals surface area contributed by atoms with Crippen LogP contribution in [-0.2, 0) is 0 Å². The number of primary amides is 1. The summed E-state index contributed by atoms with van der Waals surface area (Å²) in [7, 11) is 0. The first-order valence-corrected chi connectivity index (χ1v) is 7.53. The van der Waals surface area contributed by atoms with Gasteiger partial charge in [-0.1, -0.05) is 30.3 Å². The van der Waals surface area contributed by atoms with Gasteiger partial charge in [-0.15, -0.1) is 0 Å². The fourth-order valence-electron chi connectivity index (χ4n) is 2.32. The summed E-state index contributed by atoms with van der Waals surface area (Å²) in [5.74, 6) is 0. The number of amides is 2. The van der Waals surface area contributed by atoms with Gasteiger partial charge in [-0.05, 0) is 17.7 Å². The molecule has 26 heavy (non-hydrogen) atoms. The van der Waals surface area contributed by atoms with Gasteiger partial charge >= 0.3 is 6.03 Å². The van der Waals surface area contributed by atoms with Crippen LogP contribution in [0.25, 0.3) is 16.8 Å². The summed E-state index contributed by atoms with van der Waals surface area (Å²) in [5.41, 5.74) is 9.45. The third kappa shape index (κ3) is 3.73. The van der Waals surface area contributed by atoms with Crippen LogP contribution in [0.15, 0.2) is 72.1 Å². The van der Waals surface area contributed by atoms with E-state index >= 15 is 0 Å². The lowest BCUT2D eigenvalue weighted by atomic mass is 10.1. The third-order valence-electron chi connectivity index (χ3n) is 3.53. The number of urea groups is 1. The van der Waals surface area contributed by atoms with Crippen LogP contribution in [0.2, 0.25) is 0 Å². The van der Waals surface area contributed by atoms with E-state index < -0.39 is 11.0 Å². The second kappa shape index (κ2) is 7.26. The zero-order valence-electron chi connectivity index (χ0n) is 13.4. The minimum atomic E-state index is -0.781. The van der Waals surface area contributed by atoms with Gasteiger partial charge in [0.15, 0.2) is 0 Å². The van der Waals surface area contributed by atoms with Crippen molar-refractivity contribution in [1.82, 2.24) is 15.2 Å². The second-order valence-corrected chi connectivity index (χ2v) is 5.24. The highest BCUT2D eigenvalue weighted by atomic mass is 16.6. The van der Waals surface area contributed by atoms with Gasteiger partial charge in [-0.2, -0.15) is 10.2 Å². The van der Waals surface area contributed by atoms with Gasteiger partial charge in [0.1, 0.15) is 5.36 Å². The third-order valence-corrected chi connectivity index (χ3v) is 3.53. The SMILES string of the molecule is NC(=O)N/N=c1\cnn(-c2ccc([N+](=O)[O-])cc2)cc1-c1ccccc1. The van der Waals surface area contributed by atoms with Crippen LogP contribution >= 0.6 is 0 Å². The molecule has 3 aromatic rings. The number of carbonyl (C=O) groups is 1. The Morgan fingerprint density at radius 2 is 1.85 bits per heavy atom. The van der Waals surface area contributed by atoms with Gasteiger partial charge in [-0.25, -0.2) is 14.9 Å². The monoisotopic (exact) mass is 350 g/mol. The summed E-state index contributed by atoms with van der Waals surface area (Å²) in [4.78, 5) is 21.3. The summed E-state index contributed by atoms with van der Waals surface area (Å²) in [6.45, 7) is 0. The van der Waals surface area contributed by atoms with Gasteiger partial charge in [0.25, 0.3) is 5.69 Å². The lowest BCUT2D eigenvalue weighted by Gasteiger charge is -2.09. The molecule has 0 aliphatic rings. The topological polar surface area (TPSA) is 128 Å². The number of nitrogens with one attached hydrogen (secondary N) is 1.